The van der Waals surface area contributed by atoms with E-state index in [0.29, 0.717) is 0 Å². The van der Waals surface area contributed by atoms with Gasteiger partial charge in [-0.05, 0) is 96.6 Å². The monoisotopic (exact) mass is 581 g/mol. The fourth-order valence-corrected chi connectivity index (χ4v) is 6.23. The second kappa shape index (κ2) is 11.1. The molecule has 0 bridgehead atoms. The molecule has 1 heteroatoms. The van der Waals surface area contributed by atoms with Crippen molar-refractivity contribution in [2.45, 2.75) is 157 Å². The minimum Gasteiger partial charge on any atom is -0.361 e. The lowest BCUT2D eigenvalue weighted by Gasteiger charge is -2.49. The van der Waals surface area contributed by atoms with Gasteiger partial charge >= 0.3 is 0 Å². The van der Waals surface area contributed by atoms with Crippen molar-refractivity contribution in [1.29, 1.82) is 0 Å². The number of nitrogens with zero attached hydrogens (tertiary/aromatic N) is 1. The van der Waals surface area contributed by atoms with E-state index in [0.717, 1.165) is 0 Å². The molecule has 1 nitrogen and oxygen atoms in total. The highest BCUT2D eigenvalue weighted by molar-refractivity contribution is 5.93. The summed E-state index contributed by atoms with van der Waals surface area (Å²) in [7, 11) is 0. The SMILES string of the molecule is CC(C)(C)c1cc(-c2cccc(-c3cc(C(C)(C)C)cc(C(C)(C)C)c3)c2N(C(C)(C)C)C(C)(C)C)cc(C(C)(C)C)c1. The molecule has 236 valence electrons. The molecule has 0 unspecified atom stereocenters. The molecule has 0 N–H and O–H groups in total. The van der Waals surface area contributed by atoms with E-state index in [1.165, 1.54) is 50.2 Å². The fourth-order valence-electron chi connectivity index (χ4n) is 6.23. The molecular weight excluding hydrogens is 518 g/mol. The van der Waals surface area contributed by atoms with Crippen molar-refractivity contribution in [2.24, 2.45) is 0 Å². The van der Waals surface area contributed by atoms with Gasteiger partial charge in [0.15, 0.2) is 0 Å². The summed E-state index contributed by atoms with van der Waals surface area (Å²) in [6.45, 7) is 42.1. The van der Waals surface area contributed by atoms with Gasteiger partial charge in [0.25, 0.3) is 0 Å². The maximum atomic E-state index is 2.67. The van der Waals surface area contributed by atoms with Gasteiger partial charge in [-0.15, -0.1) is 0 Å². The van der Waals surface area contributed by atoms with E-state index < -0.39 is 0 Å². The zero-order chi connectivity index (χ0) is 33.1. The molecule has 3 rings (SSSR count). The molecule has 0 fully saturated rings. The quantitative estimate of drug-likeness (QED) is 0.297. The lowest BCUT2D eigenvalue weighted by atomic mass is 9.77. The average molecular weight is 582 g/mol. The van der Waals surface area contributed by atoms with E-state index in [9.17, 15) is 0 Å². The van der Waals surface area contributed by atoms with Crippen LogP contribution in [0.3, 0.4) is 0 Å². The lowest BCUT2D eigenvalue weighted by molar-refractivity contribution is 0.381. The smallest absolute Gasteiger partial charge is 0.0534 e. The largest absolute Gasteiger partial charge is 0.361 e. The molecule has 0 amide bonds. The number of anilines is 1. The molecule has 0 heterocycles. The van der Waals surface area contributed by atoms with Gasteiger partial charge in [-0.1, -0.05) is 138 Å². The standard InChI is InChI=1S/C42H63N/c1-37(2,3)30-22-28(23-31(26-30)38(4,5)6)34-20-19-21-35(36(34)43(41(13,14)15)42(16,17)18)29-24-32(39(7,8)9)27-33(25-29)40(10,11)12/h19-27H,1-18H3. The Morgan fingerprint density at radius 1 is 0.372 bits per heavy atom. The Hall–Kier alpha value is -2.54. The first-order chi connectivity index (χ1) is 19.1. The van der Waals surface area contributed by atoms with Gasteiger partial charge in [0.05, 0.1) is 5.69 Å². The summed E-state index contributed by atoms with van der Waals surface area (Å²) < 4.78 is 0. The Morgan fingerprint density at radius 3 is 0.837 bits per heavy atom. The summed E-state index contributed by atoms with van der Waals surface area (Å²) in [4.78, 5) is 2.67. The molecule has 0 atom stereocenters. The maximum absolute atomic E-state index is 2.67. The molecule has 0 saturated carbocycles. The number of benzene rings is 3. The second-order valence-electron chi connectivity index (χ2n) is 19.0. The summed E-state index contributed by atoms with van der Waals surface area (Å²) in [5, 5.41) is 0. The van der Waals surface area contributed by atoms with Crippen LogP contribution in [0.15, 0.2) is 54.6 Å². The van der Waals surface area contributed by atoms with Crippen molar-refractivity contribution in [3.05, 3.63) is 76.9 Å². The fraction of sp³-hybridized carbons (Fsp3) is 0.571. The Balaban J connectivity index is 2.60. The predicted molar refractivity (Wildman–Crippen MR) is 194 cm³/mol. The molecule has 0 aromatic heterocycles. The van der Waals surface area contributed by atoms with Crippen LogP contribution in [-0.2, 0) is 21.7 Å². The van der Waals surface area contributed by atoms with E-state index >= 15 is 0 Å². The van der Waals surface area contributed by atoms with Gasteiger partial charge in [-0.25, -0.2) is 0 Å². The molecule has 0 aliphatic rings. The number of para-hydroxylation sites is 1. The van der Waals surface area contributed by atoms with E-state index in [-0.39, 0.29) is 32.7 Å². The molecule has 0 aliphatic carbocycles. The normalized spacial score (nSPS) is 13.8. The van der Waals surface area contributed by atoms with Crippen LogP contribution in [-0.4, -0.2) is 11.1 Å². The van der Waals surface area contributed by atoms with E-state index in [2.05, 4.69) is 184 Å². The van der Waals surface area contributed by atoms with Crippen LogP contribution in [0.5, 0.6) is 0 Å². The van der Waals surface area contributed by atoms with Gasteiger partial charge in [-0.2, -0.15) is 0 Å². The highest BCUT2D eigenvalue weighted by atomic mass is 15.2. The van der Waals surface area contributed by atoms with Gasteiger partial charge < -0.3 is 4.90 Å². The molecule has 0 saturated heterocycles. The molecule has 3 aromatic rings. The van der Waals surface area contributed by atoms with Crippen LogP contribution in [0.4, 0.5) is 5.69 Å². The topological polar surface area (TPSA) is 3.24 Å². The average Bonchev–Trinajstić information content (AvgIpc) is 2.79. The van der Waals surface area contributed by atoms with Crippen molar-refractivity contribution in [2.75, 3.05) is 4.90 Å². The highest BCUT2D eigenvalue weighted by Gasteiger charge is 2.36. The summed E-state index contributed by atoms with van der Waals surface area (Å²) in [6, 6.07) is 21.7. The Morgan fingerprint density at radius 2 is 0.628 bits per heavy atom. The van der Waals surface area contributed by atoms with Crippen LogP contribution < -0.4 is 4.90 Å². The second-order valence-corrected chi connectivity index (χ2v) is 19.0. The predicted octanol–water partition coefficient (Wildman–Crippen LogP) is 12.6. The Kier molecular flexibility index (Phi) is 9.03. The summed E-state index contributed by atoms with van der Waals surface area (Å²) >= 11 is 0. The van der Waals surface area contributed by atoms with Crippen molar-refractivity contribution >= 4 is 5.69 Å². The number of hydrogen-bond acceptors (Lipinski definition) is 1. The Labute approximate surface area is 266 Å². The third-order valence-electron chi connectivity index (χ3n) is 8.55. The Bertz CT molecular complexity index is 1270. The zero-order valence-corrected chi connectivity index (χ0v) is 31.1. The van der Waals surface area contributed by atoms with Crippen LogP contribution in [0.25, 0.3) is 22.3 Å². The molecule has 0 radical (unpaired) electrons. The lowest BCUT2D eigenvalue weighted by Crippen LogP contribution is -2.53. The minimum absolute atomic E-state index is 0.0458. The number of hydrogen-bond donors (Lipinski definition) is 0. The zero-order valence-electron chi connectivity index (χ0n) is 31.1. The van der Waals surface area contributed by atoms with Crippen LogP contribution in [0.1, 0.15) is 147 Å². The van der Waals surface area contributed by atoms with Crippen molar-refractivity contribution < 1.29 is 0 Å². The van der Waals surface area contributed by atoms with Crippen molar-refractivity contribution in [3.8, 4) is 22.3 Å². The van der Waals surface area contributed by atoms with Gasteiger partial charge in [-0.3, -0.25) is 0 Å². The van der Waals surface area contributed by atoms with Crippen LogP contribution >= 0.6 is 0 Å². The third-order valence-corrected chi connectivity index (χ3v) is 8.55. The van der Waals surface area contributed by atoms with Crippen LogP contribution in [0.2, 0.25) is 0 Å². The third kappa shape index (κ3) is 7.95. The molecule has 3 aromatic carbocycles. The van der Waals surface area contributed by atoms with E-state index in [1.807, 2.05) is 0 Å². The minimum atomic E-state index is -0.105. The van der Waals surface area contributed by atoms with E-state index in [4.69, 9.17) is 0 Å². The van der Waals surface area contributed by atoms with Gasteiger partial charge in [0, 0.05) is 22.2 Å². The van der Waals surface area contributed by atoms with E-state index in [1.54, 1.807) is 0 Å². The van der Waals surface area contributed by atoms with Crippen molar-refractivity contribution in [3.63, 3.8) is 0 Å². The summed E-state index contributed by atoms with van der Waals surface area (Å²) in [5.74, 6) is 0. The molecule has 43 heavy (non-hydrogen) atoms. The summed E-state index contributed by atoms with van der Waals surface area (Å²) in [5.41, 5.74) is 12.0. The molecule has 0 spiro atoms. The van der Waals surface area contributed by atoms with Crippen molar-refractivity contribution in [1.82, 2.24) is 0 Å². The first-order valence-corrected chi connectivity index (χ1v) is 16.4. The highest BCUT2D eigenvalue weighted by Crippen LogP contribution is 2.48. The first kappa shape index (κ1) is 34.9. The summed E-state index contributed by atoms with van der Waals surface area (Å²) in [6.07, 6.45) is 0. The molecular formula is C42H63N. The van der Waals surface area contributed by atoms with Gasteiger partial charge in [0.1, 0.15) is 0 Å². The van der Waals surface area contributed by atoms with Crippen LogP contribution in [0, 0.1) is 0 Å². The maximum Gasteiger partial charge on any atom is 0.0534 e. The first-order valence-electron chi connectivity index (χ1n) is 16.4. The number of rotatable bonds is 3. The molecule has 0 aliphatic heterocycles. The van der Waals surface area contributed by atoms with Gasteiger partial charge in [0.2, 0.25) is 0 Å².